The first-order valence-corrected chi connectivity index (χ1v) is 4.80. The number of anilines is 1. The van der Waals surface area contributed by atoms with Crippen molar-refractivity contribution in [2.45, 2.75) is 13.2 Å². The second-order valence-corrected chi connectivity index (χ2v) is 3.27. The minimum absolute atomic E-state index is 0.474. The first-order chi connectivity index (χ1) is 7.36. The van der Waals surface area contributed by atoms with Crippen LogP contribution in [-0.4, -0.2) is 0 Å². The second-order valence-electron chi connectivity index (χ2n) is 3.27. The van der Waals surface area contributed by atoms with Crippen molar-refractivity contribution in [3.8, 4) is 0 Å². The van der Waals surface area contributed by atoms with Crippen LogP contribution in [0, 0.1) is 0 Å². The van der Waals surface area contributed by atoms with E-state index in [1.54, 1.807) is 6.26 Å². The van der Waals surface area contributed by atoms with Crippen LogP contribution >= 0.6 is 0 Å². The van der Waals surface area contributed by atoms with Gasteiger partial charge in [0.25, 0.3) is 0 Å². The molecule has 0 bridgehead atoms. The number of furan rings is 1. The van der Waals surface area contributed by atoms with Crippen LogP contribution in [0.5, 0.6) is 0 Å². The summed E-state index contributed by atoms with van der Waals surface area (Å²) >= 11 is 0. The van der Waals surface area contributed by atoms with Crippen molar-refractivity contribution in [3.63, 3.8) is 0 Å². The van der Waals surface area contributed by atoms with Gasteiger partial charge in [0, 0.05) is 11.3 Å². The summed E-state index contributed by atoms with van der Waals surface area (Å²) in [6.07, 6.45) is 1.63. The van der Waals surface area contributed by atoms with E-state index in [4.69, 9.17) is 14.9 Å². The first kappa shape index (κ1) is 9.80. The molecular formula is C12H13NO2. The summed E-state index contributed by atoms with van der Waals surface area (Å²) in [5.41, 5.74) is 7.54. The summed E-state index contributed by atoms with van der Waals surface area (Å²) < 4.78 is 10.6. The van der Waals surface area contributed by atoms with Crippen molar-refractivity contribution in [3.05, 3.63) is 54.0 Å². The van der Waals surface area contributed by atoms with Gasteiger partial charge in [-0.05, 0) is 18.2 Å². The number of hydrogen-bond donors (Lipinski definition) is 1. The molecule has 0 fully saturated rings. The van der Waals surface area contributed by atoms with E-state index in [1.165, 1.54) is 0 Å². The van der Waals surface area contributed by atoms with Crippen LogP contribution in [-0.2, 0) is 18.0 Å². The normalized spacial score (nSPS) is 10.4. The predicted octanol–water partition coefficient (Wildman–Crippen LogP) is 2.58. The van der Waals surface area contributed by atoms with Crippen LogP contribution < -0.4 is 5.73 Å². The highest BCUT2D eigenvalue weighted by molar-refractivity contribution is 5.45. The maximum absolute atomic E-state index is 5.78. The van der Waals surface area contributed by atoms with Crippen LogP contribution in [0.3, 0.4) is 0 Å². The molecule has 2 rings (SSSR count). The van der Waals surface area contributed by atoms with Crippen molar-refractivity contribution < 1.29 is 9.15 Å². The third-order valence-electron chi connectivity index (χ3n) is 2.14. The van der Waals surface area contributed by atoms with Gasteiger partial charge in [-0.2, -0.15) is 0 Å². The Morgan fingerprint density at radius 3 is 2.67 bits per heavy atom. The minimum atomic E-state index is 0.474. The SMILES string of the molecule is Nc1ccccc1COCc1ccco1. The molecule has 0 spiro atoms. The fourth-order valence-corrected chi connectivity index (χ4v) is 1.32. The lowest BCUT2D eigenvalue weighted by Crippen LogP contribution is -1.97. The Balaban J connectivity index is 1.86. The number of para-hydroxylation sites is 1. The van der Waals surface area contributed by atoms with Crippen molar-refractivity contribution in [1.82, 2.24) is 0 Å². The lowest BCUT2D eigenvalue weighted by molar-refractivity contribution is 0.0933. The van der Waals surface area contributed by atoms with Crippen LogP contribution in [0.2, 0.25) is 0 Å². The molecule has 78 valence electrons. The van der Waals surface area contributed by atoms with E-state index >= 15 is 0 Å². The molecule has 1 aromatic heterocycles. The molecule has 1 aromatic carbocycles. The van der Waals surface area contributed by atoms with E-state index < -0.39 is 0 Å². The highest BCUT2D eigenvalue weighted by Gasteiger charge is 1.99. The monoisotopic (exact) mass is 203 g/mol. The topological polar surface area (TPSA) is 48.4 Å². The molecule has 0 saturated heterocycles. The zero-order chi connectivity index (χ0) is 10.5. The summed E-state index contributed by atoms with van der Waals surface area (Å²) in [6, 6.07) is 11.4. The molecular weight excluding hydrogens is 190 g/mol. The van der Waals surface area contributed by atoms with Crippen LogP contribution in [0.4, 0.5) is 5.69 Å². The molecule has 0 saturated carbocycles. The average Bonchev–Trinajstić information content (AvgIpc) is 2.74. The third kappa shape index (κ3) is 2.60. The fourth-order valence-electron chi connectivity index (χ4n) is 1.32. The molecule has 0 aliphatic rings. The largest absolute Gasteiger partial charge is 0.467 e. The Labute approximate surface area is 88.5 Å². The lowest BCUT2D eigenvalue weighted by atomic mass is 10.2. The predicted molar refractivity (Wildman–Crippen MR) is 58.1 cm³/mol. The summed E-state index contributed by atoms with van der Waals surface area (Å²) in [6.45, 7) is 0.981. The van der Waals surface area contributed by atoms with E-state index in [9.17, 15) is 0 Å². The molecule has 3 nitrogen and oxygen atoms in total. The molecule has 2 aromatic rings. The number of hydrogen-bond acceptors (Lipinski definition) is 3. The van der Waals surface area contributed by atoms with Gasteiger partial charge in [0.15, 0.2) is 0 Å². The molecule has 0 aliphatic heterocycles. The standard InChI is InChI=1S/C12H13NO2/c13-12-6-2-1-4-10(12)8-14-9-11-5-3-7-15-11/h1-7H,8-9,13H2. The minimum Gasteiger partial charge on any atom is -0.467 e. The Morgan fingerprint density at radius 2 is 1.93 bits per heavy atom. The summed E-state index contributed by atoms with van der Waals surface area (Å²) in [4.78, 5) is 0. The second kappa shape index (κ2) is 4.66. The molecule has 0 aliphatic carbocycles. The first-order valence-electron chi connectivity index (χ1n) is 4.80. The number of benzene rings is 1. The van der Waals surface area contributed by atoms with E-state index in [0.717, 1.165) is 17.0 Å². The van der Waals surface area contributed by atoms with Gasteiger partial charge in [-0.15, -0.1) is 0 Å². The molecule has 1 heterocycles. The van der Waals surface area contributed by atoms with Gasteiger partial charge in [-0.1, -0.05) is 18.2 Å². The Morgan fingerprint density at radius 1 is 1.07 bits per heavy atom. The van der Waals surface area contributed by atoms with Gasteiger partial charge in [0.1, 0.15) is 12.4 Å². The molecule has 15 heavy (non-hydrogen) atoms. The average molecular weight is 203 g/mol. The van der Waals surface area contributed by atoms with E-state index in [-0.39, 0.29) is 0 Å². The van der Waals surface area contributed by atoms with E-state index in [0.29, 0.717) is 13.2 Å². The van der Waals surface area contributed by atoms with Crippen molar-refractivity contribution >= 4 is 5.69 Å². The lowest BCUT2D eigenvalue weighted by Gasteiger charge is -2.05. The number of nitrogen functional groups attached to an aromatic ring is 1. The van der Waals surface area contributed by atoms with E-state index in [1.807, 2.05) is 36.4 Å². The maximum Gasteiger partial charge on any atom is 0.129 e. The Bertz CT molecular complexity index is 409. The van der Waals surface area contributed by atoms with Gasteiger partial charge in [0.2, 0.25) is 0 Å². The van der Waals surface area contributed by atoms with Crippen molar-refractivity contribution in [2.24, 2.45) is 0 Å². The number of nitrogens with two attached hydrogens (primary N) is 1. The molecule has 0 atom stereocenters. The van der Waals surface area contributed by atoms with Gasteiger partial charge in [-0.3, -0.25) is 0 Å². The van der Waals surface area contributed by atoms with Crippen molar-refractivity contribution in [2.75, 3.05) is 5.73 Å². The summed E-state index contributed by atoms with van der Waals surface area (Å²) in [7, 11) is 0. The zero-order valence-electron chi connectivity index (χ0n) is 8.35. The summed E-state index contributed by atoms with van der Waals surface area (Å²) in [5, 5.41) is 0. The zero-order valence-corrected chi connectivity index (χ0v) is 8.35. The van der Waals surface area contributed by atoms with Gasteiger partial charge >= 0.3 is 0 Å². The van der Waals surface area contributed by atoms with Crippen molar-refractivity contribution in [1.29, 1.82) is 0 Å². The highest BCUT2D eigenvalue weighted by Crippen LogP contribution is 2.12. The molecule has 0 amide bonds. The third-order valence-corrected chi connectivity index (χ3v) is 2.14. The molecule has 2 N–H and O–H groups in total. The van der Waals surface area contributed by atoms with E-state index in [2.05, 4.69) is 0 Å². The molecule has 0 radical (unpaired) electrons. The Kier molecular flexibility index (Phi) is 3.05. The summed E-state index contributed by atoms with van der Waals surface area (Å²) in [5.74, 6) is 0.824. The van der Waals surface area contributed by atoms with Gasteiger partial charge in [0.05, 0.1) is 12.9 Å². The highest BCUT2D eigenvalue weighted by atomic mass is 16.5. The number of ether oxygens (including phenoxy) is 1. The molecule has 0 unspecified atom stereocenters. The molecule has 3 heteroatoms. The van der Waals surface area contributed by atoms with Crippen LogP contribution in [0.1, 0.15) is 11.3 Å². The quantitative estimate of drug-likeness (QED) is 0.777. The van der Waals surface area contributed by atoms with Gasteiger partial charge < -0.3 is 14.9 Å². The van der Waals surface area contributed by atoms with Crippen LogP contribution in [0.15, 0.2) is 47.1 Å². The Hall–Kier alpha value is -1.74. The van der Waals surface area contributed by atoms with Gasteiger partial charge in [-0.25, -0.2) is 0 Å². The maximum atomic E-state index is 5.78. The smallest absolute Gasteiger partial charge is 0.129 e. The number of rotatable bonds is 4. The van der Waals surface area contributed by atoms with Crippen LogP contribution in [0.25, 0.3) is 0 Å². The fraction of sp³-hybridized carbons (Fsp3) is 0.167.